The van der Waals surface area contributed by atoms with Gasteiger partial charge in [-0.15, -0.1) is 0 Å². The Balaban J connectivity index is 2.93. The predicted molar refractivity (Wildman–Crippen MR) is 60.3 cm³/mol. The highest BCUT2D eigenvalue weighted by Crippen LogP contribution is 1.95. The van der Waals surface area contributed by atoms with Crippen molar-refractivity contribution in [2.75, 3.05) is 39.6 Å². The van der Waals surface area contributed by atoms with Gasteiger partial charge in [0.1, 0.15) is 6.10 Å². The van der Waals surface area contributed by atoms with Crippen LogP contribution in [0.25, 0.3) is 0 Å². The third kappa shape index (κ3) is 11.9. The van der Waals surface area contributed by atoms with E-state index in [0.717, 1.165) is 25.7 Å². The molecule has 3 N–H and O–H groups in total. The molecule has 0 aliphatic carbocycles. The Morgan fingerprint density at radius 1 is 0.812 bits per heavy atom. The average molecular weight is 236 g/mol. The highest BCUT2D eigenvalue weighted by Gasteiger charge is 2.00. The summed E-state index contributed by atoms with van der Waals surface area (Å²) in [6.07, 6.45) is 2.74. The van der Waals surface area contributed by atoms with E-state index in [-0.39, 0.29) is 19.8 Å². The van der Waals surface area contributed by atoms with Crippen LogP contribution < -0.4 is 0 Å². The smallest absolute Gasteiger partial charge is 0.100 e. The molecule has 0 saturated carbocycles. The van der Waals surface area contributed by atoms with E-state index in [1.54, 1.807) is 0 Å². The second-order valence-electron chi connectivity index (χ2n) is 3.66. The average Bonchev–Trinajstić information content (AvgIpc) is 2.31. The van der Waals surface area contributed by atoms with Crippen molar-refractivity contribution in [3.63, 3.8) is 0 Å². The molecule has 0 heterocycles. The van der Waals surface area contributed by atoms with Gasteiger partial charge in [-0.05, 0) is 25.7 Å². The third-order valence-corrected chi connectivity index (χ3v) is 2.05. The van der Waals surface area contributed by atoms with Crippen molar-refractivity contribution in [3.8, 4) is 0 Å². The lowest BCUT2D eigenvalue weighted by atomic mass is 10.3. The van der Waals surface area contributed by atoms with Crippen LogP contribution in [-0.2, 0) is 9.47 Å². The van der Waals surface area contributed by atoms with Gasteiger partial charge in [-0.1, -0.05) is 0 Å². The van der Waals surface area contributed by atoms with E-state index in [9.17, 15) is 0 Å². The van der Waals surface area contributed by atoms with E-state index in [4.69, 9.17) is 24.8 Å². The van der Waals surface area contributed by atoms with Crippen molar-refractivity contribution in [1.29, 1.82) is 0 Å². The van der Waals surface area contributed by atoms with Crippen molar-refractivity contribution >= 4 is 0 Å². The van der Waals surface area contributed by atoms with E-state index in [0.29, 0.717) is 19.8 Å². The van der Waals surface area contributed by atoms with Crippen molar-refractivity contribution < 1.29 is 24.8 Å². The molecule has 0 amide bonds. The van der Waals surface area contributed by atoms with Crippen LogP contribution in [0.15, 0.2) is 0 Å². The van der Waals surface area contributed by atoms with E-state index < -0.39 is 6.10 Å². The molecule has 5 nitrogen and oxygen atoms in total. The monoisotopic (exact) mass is 236 g/mol. The van der Waals surface area contributed by atoms with Crippen molar-refractivity contribution in [3.05, 3.63) is 0 Å². The number of hydrogen-bond acceptors (Lipinski definition) is 5. The Kier molecular flexibility index (Phi) is 12.7. The fourth-order valence-corrected chi connectivity index (χ4v) is 1.10. The van der Waals surface area contributed by atoms with Gasteiger partial charge in [0.15, 0.2) is 0 Å². The predicted octanol–water partition coefficient (Wildman–Crippen LogP) is -0.0745. The van der Waals surface area contributed by atoms with Crippen molar-refractivity contribution in [1.82, 2.24) is 0 Å². The van der Waals surface area contributed by atoms with E-state index in [1.165, 1.54) is 0 Å². The second kappa shape index (κ2) is 12.9. The van der Waals surface area contributed by atoms with Gasteiger partial charge in [0.2, 0.25) is 0 Å². The van der Waals surface area contributed by atoms with Crippen LogP contribution in [0.4, 0.5) is 0 Å². The Morgan fingerprint density at radius 2 is 1.38 bits per heavy atom. The minimum absolute atomic E-state index is 0.188. The van der Waals surface area contributed by atoms with Gasteiger partial charge in [-0.3, -0.25) is 0 Å². The van der Waals surface area contributed by atoms with Crippen molar-refractivity contribution in [2.45, 2.75) is 31.8 Å². The van der Waals surface area contributed by atoms with E-state index >= 15 is 0 Å². The Labute approximate surface area is 97.0 Å². The summed E-state index contributed by atoms with van der Waals surface area (Å²) in [5.74, 6) is 0. The number of hydrogen-bond donors (Lipinski definition) is 3. The highest BCUT2D eigenvalue weighted by molar-refractivity contribution is 4.49. The zero-order chi connectivity index (χ0) is 12.1. The van der Waals surface area contributed by atoms with Gasteiger partial charge >= 0.3 is 0 Å². The second-order valence-corrected chi connectivity index (χ2v) is 3.66. The maximum Gasteiger partial charge on any atom is 0.100 e. The van der Waals surface area contributed by atoms with Gasteiger partial charge < -0.3 is 24.8 Å². The van der Waals surface area contributed by atoms with Gasteiger partial charge in [-0.25, -0.2) is 0 Å². The van der Waals surface area contributed by atoms with E-state index in [1.807, 2.05) is 0 Å². The number of aliphatic hydroxyl groups excluding tert-OH is 3. The molecule has 98 valence electrons. The molecule has 0 aromatic rings. The molecule has 0 rings (SSSR count). The molecule has 0 bridgehead atoms. The first-order valence-corrected chi connectivity index (χ1v) is 5.86. The molecule has 0 radical (unpaired) electrons. The molecule has 0 aliphatic heterocycles. The SMILES string of the molecule is OCCCCOCCCCOCC(O)CO. The normalized spacial score (nSPS) is 12.9. The first kappa shape index (κ1) is 15.8. The first-order chi connectivity index (χ1) is 7.81. The van der Waals surface area contributed by atoms with Crippen LogP contribution in [0.2, 0.25) is 0 Å². The van der Waals surface area contributed by atoms with Crippen molar-refractivity contribution in [2.24, 2.45) is 0 Å². The standard InChI is InChI=1S/C11H24O5/c12-5-1-2-6-15-7-3-4-8-16-10-11(14)9-13/h11-14H,1-10H2. The largest absolute Gasteiger partial charge is 0.396 e. The summed E-state index contributed by atoms with van der Waals surface area (Å²) in [6.45, 7) is 2.14. The van der Waals surface area contributed by atoms with Crippen LogP contribution in [0.5, 0.6) is 0 Å². The fourth-order valence-electron chi connectivity index (χ4n) is 1.10. The molecular formula is C11H24O5. The molecule has 0 saturated heterocycles. The van der Waals surface area contributed by atoms with E-state index in [2.05, 4.69) is 0 Å². The zero-order valence-electron chi connectivity index (χ0n) is 9.81. The summed E-state index contributed by atoms with van der Waals surface area (Å²) in [4.78, 5) is 0. The van der Waals surface area contributed by atoms with Gasteiger partial charge in [0.05, 0.1) is 13.2 Å². The van der Waals surface area contributed by atoms with Crippen LogP contribution in [-0.4, -0.2) is 61.1 Å². The maximum absolute atomic E-state index is 8.96. The first-order valence-electron chi connectivity index (χ1n) is 5.86. The summed E-state index contributed by atoms with van der Waals surface area (Å²) < 4.78 is 10.5. The molecule has 0 aromatic carbocycles. The molecular weight excluding hydrogens is 212 g/mol. The summed E-state index contributed by atoms with van der Waals surface area (Å²) in [6, 6.07) is 0. The summed E-state index contributed by atoms with van der Waals surface area (Å²) >= 11 is 0. The molecule has 5 heteroatoms. The lowest BCUT2D eigenvalue weighted by molar-refractivity contribution is 0.00371. The van der Waals surface area contributed by atoms with Crippen LogP contribution in [0.3, 0.4) is 0 Å². The lowest BCUT2D eigenvalue weighted by Gasteiger charge is -2.08. The quantitative estimate of drug-likeness (QED) is 0.413. The number of rotatable bonds is 12. The minimum atomic E-state index is -0.769. The molecule has 1 unspecified atom stereocenters. The molecule has 16 heavy (non-hydrogen) atoms. The van der Waals surface area contributed by atoms with Crippen LogP contribution in [0, 0.1) is 0 Å². The molecule has 0 aromatic heterocycles. The number of unbranched alkanes of at least 4 members (excludes halogenated alkanes) is 2. The molecule has 1 atom stereocenters. The van der Waals surface area contributed by atoms with Crippen LogP contribution >= 0.6 is 0 Å². The third-order valence-electron chi connectivity index (χ3n) is 2.05. The molecule has 0 aliphatic rings. The molecule has 0 fully saturated rings. The topological polar surface area (TPSA) is 79.2 Å². The Bertz CT molecular complexity index is 132. The molecule has 0 spiro atoms. The summed E-state index contributed by atoms with van der Waals surface area (Å²) in [5.41, 5.74) is 0. The number of aliphatic hydroxyl groups is 3. The highest BCUT2D eigenvalue weighted by atomic mass is 16.5. The number of ether oxygens (including phenoxy) is 2. The fraction of sp³-hybridized carbons (Fsp3) is 1.00. The lowest BCUT2D eigenvalue weighted by Crippen LogP contribution is -2.19. The minimum Gasteiger partial charge on any atom is -0.396 e. The van der Waals surface area contributed by atoms with Gasteiger partial charge in [-0.2, -0.15) is 0 Å². The Hall–Kier alpha value is -0.200. The van der Waals surface area contributed by atoms with Gasteiger partial charge in [0, 0.05) is 26.4 Å². The zero-order valence-corrected chi connectivity index (χ0v) is 9.81. The van der Waals surface area contributed by atoms with Gasteiger partial charge in [0.25, 0.3) is 0 Å². The maximum atomic E-state index is 8.96. The Morgan fingerprint density at radius 3 is 1.94 bits per heavy atom. The summed E-state index contributed by atoms with van der Waals surface area (Å²) in [5, 5.41) is 26.0. The summed E-state index contributed by atoms with van der Waals surface area (Å²) in [7, 11) is 0. The van der Waals surface area contributed by atoms with Crippen LogP contribution in [0.1, 0.15) is 25.7 Å².